The van der Waals surface area contributed by atoms with Crippen molar-refractivity contribution in [1.82, 2.24) is 4.98 Å². The number of rotatable bonds is 2. The van der Waals surface area contributed by atoms with Crippen LogP contribution < -0.4 is 11.1 Å². The second kappa shape index (κ2) is 5.06. The molecule has 0 unspecified atom stereocenters. The first-order valence-corrected chi connectivity index (χ1v) is 5.74. The van der Waals surface area contributed by atoms with E-state index in [2.05, 4.69) is 10.3 Å². The van der Waals surface area contributed by atoms with E-state index in [-0.39, 0.29) is 5.91 Å². The van der Waals surface area contributed by atoms with Gasteiger partial charge in [0.1, 0.15) is 5.82 Å². The summed E-state index contributed by atoms with van der Waals surface area (Å²) in [5.41, 5.74) is 7.29. The second-order valence-electron chi connectivity index (χ2n) is 3.85. The van der Waals surface area contributed by atoms with Crippen molar-refractivity contribution in [2.24, 2.45) is 0 Å². The molecule has 92 valence electrons. The van der Waals surface area contributed by atoms with Crippen LogP contribution in [0.15, 0.2) is 36.4 Å². The van der Waals surface area contributed by atoms with E-state index in [1.54, 1.807) is 24.3 Å². The Morgan fingerprint density at radius 1 is 1.33 bits per heavy atom. The molecule has 0 saturated heterocycles. The van der Waals surface area contributed by atoms with Crippen LogP contribution >= 0.6 is 11.6 Å². The lowest BCUT2D eigenvalue weighted by molar-refractivity contribution is 0.102. The second-order valence-corrected chi connectivity index (χ2v) is 4.29. The van der Waals surface area contributed by atoms with Crippen molar-refractivity contribution in [3.63, 3.8) is 0 Å². The maximum atomic E-state index is 12.0. The monoisotopic (exact) mass is 261 g/mol. The number of benzene rings is 1. The Hall–Kier alpha value is -2.07. The van der Waals surface area contributed by atoms with Gasteiger partial charge < -0.3 is 11.1 Å². The molecular formula is C13H12ClN3O. The van der Waals surface area contributed by atoms with Crippen molar-refractivity contribution in [3.05, 3.63) is 52.7 Å². The first-order chi connectivity index (χ1) is 8.56. The molecule has 2 aromatic rings. The Morgan fingerprint density at radius 2 is 2.11 bits per heavy atom. The summed E-state index contributed by atoms with van der Waals surface area (Å²) >= 11 is 5.78. The lowest BCUT2D eigenvalue weighted by Gasteiger charge is -2.07. The van der Waals surface area contributed by atoms with Gasteiger partial charge in [0, 0.05) is 16.4 Å². The van der Waals surface area contributed by atoms with Crippen molar-refractivity contribution < 1.29 is 4.79 Å². The van der Waals surface area contributed by atoms with Crippen molar-refractivity contribution in [1.29, 1.82) is 0 Å². The minimum Gasteiger partial charge on any atom is -0.398 e. The molecule has 18 heavy (non-hydrogen) atoms. The average molecular weight is 262 g/mol. The van der Waals surface area contributed by atoms with Gasteiger partial charge in [-0.1, -0.05) is 17.7 Å². The first-order valence-electron chi connectivity index (χ1n) is 5.36. The molecular weight excluding hydrogens is 250 g/mol. The van der Waals surface area contributed by atoms with Crippen LogP contribution in [-0.2, 0) is 0 Å². The zero-order chi connectivity index (χ0) is 13.1. The number of nitrogens with two attached hydrogens (primary N) is 1. The van der Waals surface area contributed by atoms with Gasteiger partial charge in [-0.15, -0.1) is 0 Å². The number of nitrogens with one attached hydrogen (secondary N) is 1. The van der Waals surface area contributed by atoms with Gasteiger partial charge in [-0.2, -0.15) is 0 Å². The maximum absolute atomic E-state index is 12.0. The molecule has 5 heteroatoms. The smallest absolute Gasteiger partial charge is 0.258 e. The highest BCUT2D eigenvalue weighted by atomic mass is 35.5. The third kappa shape index (κ3) is 2.78. The Bertz CT molecular complexity index is 599. The normalized spacial score (nSPS) is 10.1. The highest BCUT2D eigenvalue weighted by molar-refractivity contribution is 6.31. The summed E-state index contributed by atoms with van der Waals surface area (Å²) in [5, 5.41) is 3.18. The number of pyridine rings is 1. The number of carbonyl (C=O) groups excluding carboxylic acids is 1. The van der Waals surface area contributed by atoms with Crippen molar-refractivity contribution in [2.75, 3.05) is 11.1 Å². The number of carbonyl (C=O) groups is 1. The van der Waals surface area contributed by atoms with E-state index in [1.807, 2.05) is 19.1 Å². The van der Waals surface area contributed by atoms with Crippen molar-refractivity contribution in [3.8, 4) is 0 Å². The van der Waals surface area contributed by atoms with Gasteiger partial charge in [0.15, 0.2) is 0 Å². The van der Waals surface area contributed by atoms with Crippen LogP contribution in [0.1, 0.15) is 16.1 Å². The summed E-state index contributed by atoms with van der Waals surface area (Å²) in [6, 6.07) is 10.1. The minimum absolute atomic E-state index is 0.303. The molecule has 0 saturated carbocycles. The summed E-state index contributed by atoms with van der Waals surface area (Å²) in [6.45, 7) is 1.85. The predicted molar refractivity (Wildman–Crippen MR) is 72.8 cm³/mol. The summed E-state index contributed by atoms with van der Waals surface area (Å²) in [7, 11) is 0. The van der Waals surface area contributed by atoms with Crippen LogP contribution in [0.2, 0.25) is 5.02 Å². The van der Waals surface area contributed by atoms with E-state index in [4.69, 9.17) is 17.3 Å². The fourth-order valence-electron chi connectivity index (χ4n) is 1.54. The number of aromatic nitrogens is 1. The number of nitrogen functional groups attached to an aromatic ring is 1. The van der Waals surface area contributed by atoms with Crippen molar-refractivity contribution in [2.45, 2.75) is 6.92 Å². The largest absolute Gasteiger partial charge is 0.398 e. The molecule has 2 rings (SSSR count). The average Bonchev–Trinajstić information content (AvgIpc) is 2.28. The van der Waals surface area contributed by atoms with Crippen LogP contribution in [0.5, 0.6) is 0 Å². The third-order valence-corrected chi connectivity index (χ3v) is 2.62. The Morgan fingerprint density at radius 3 is 2.78 bits per heavy atom. The highest BCUT2D eigenvalue weighted by Gasteiger charge is 2.10. The number of hydrogen-bond donors (Lipinski definition) is 2. The maximum Gasteiger partial charge on any atom is 0.258 e. The van der Waals surface area contributed by atoms with Gasteiger partial charge in [0.2, 0.25) is 0 Å². The lowest BCUT2D eigenvalue weighted by atomic mass is 10.1. The number of nitrogens with zero attached hydrogens (tertiary/aromatic N) is 1. The quantitative estimate of drug-likeness (QED) is 0.817. The van der Waals surface area contributed by atoms with Crippen LogP contribution in [0.25, 0.3) is 0 Å². The van der Waals surface area contributed by atoms with Gasteiger partial charge in [0.05, 0.1) is 5.56 Å². The Balaban J connectivity index is 2.22. The fraction of sp³-hybridized carbons (Fsp3) is 0.0769. The molecule has 0 bridgehead atoms. The van der Waals surface area contributed by atoms with Gasteiger partial charge in [-0.3, -0.25) is 4.79 Å². The van der Waals surface area contributed by atoms with E-state index in [9.17, 15) is 4.79 Å². The van der Waals surface area contributed by atoms with E-state index in [0.29, 0.717) is 22.1 Å². The molecule has 0 radical (unpaired) electrons. The third-order valence-electron chi connectivity index (χ3n) is 2.39. The highest BCUT2D eigenvalue weighted by Crippen LogP contribution is 2.19. The van der Waals surface area contributed by atoms with Crippen LogP contribution in [0.3, 0.4) is 0 Å². The Labute approximate surface area is 110 Å². The zero-order valence-electron chi connectivity index (χ0n) is 9.77. The molecule has 0 spiro atoms. The molecule has 0 atom stereocenters. The zero-order valence-corrected chi connectivity index (χ0v) is 10.5. The number of aryl methyl sites for hydroxylation is 1. The molecule has 4 nitrogen and oxygen atoms in total. The lowest BCUT2D eigenvalue weighted by Crippen LogP contribution is -2.15. The molecule has 1 aromatic heterocycles. The molecule has 0 aliphatic rings. The Kier molecular flexibility index (Phi) is 3.48. The number of amides is 1. The van der Waals surface area contributed by atoms with E-state index >= 15 is 0 Å². The van der Waals surface area contributed by atoms with E-state index in [0.717, 1.165) is 5.69 Å². The van der Waals surface area contributed by atoms with E-state index < -0.39 is 0 Å². The molecule has 1 heterocycles. The molecule has 0 fully saturated rings. The van der Waals surface area contributed by atoms with Crippen LogP contribution in [0, 0.1) is 6.92 Å². The minimum atomic E-state index is -0.303. The summed E-state index contributed by atoms with van der Waals surface area (Å²) < 4.78 is 0. The molecule has 3 N–H and O–H groups in total. The molecule has 0 aliphatic heterocycles. The summed E-state index contributed by atoms with van der Waals surface area (Å²) in [4.78, 5) is 16.2. The fourth-order valence-corrected chi connectivity index (χ4v) is 1.72. The van der Waals surface area contributed by atoms with Gasteiger partial charge >= 0.3 is 0 Å². The number of anilines is 2. The van der Waals surface area contributed by atoms with Gasteiger partial charge in [-0.05, 0) is 37.3 Å². The standard InChI is InChI=1S/C13H12ClN3O/c1-8-3-2-4-12(16-8)17-13(18)10-6-5-9(14)7-11(10)15/h2-7H,15H2,1H3,(H,16,17,18). The molecule has 0 aliphatic carbocycles. The number of hydrogen-bond acceptors (Lipinski definition) is 3. The van der Waals surface area contributed by atoms with Crippen LogP contribution in [-0.4, -0.2) is 10.9 Å². The van der Waals surface area contributed by atoms with Crippen LogP contribution in [0.4, 0.5) is 11.5 Å². The summed E-state index contributed by atoms with van der Waals surface area (Å²) in [5.74, 6) is 0.191. The predicted octanol–water partition coefficient (Wildman–Crippen LogP) is 2.88. The number of halogens is 1. The topological polar surface area (TPSA) is 68.0 Å². The summed E-state index contributed by atoms with van der Waals surface area (Å²) in [6.07, 6.45) is 0. The van der Waals surface area contributed by atoms with Gasteiger partial charge in [-0.25, -0.2) is 4.98 Å². The van der Waals surface area contributed by atoms with E-state index in [1.165, 1.54) is 0 Å². The van der Waals surface area contributed by atoms with Crippen molar-refractivity contribution >= 4 is 29.0 Å². The molecule has 1 aromatic carbocycles. The first kappa shape index (κ1) is 12.4. The SMILES string of the molecule is Cc1cccc(NC(=O)c2ccc(Cl)cc2N)n1. The molecule has 1 amide bonds. The van der Waals surface area contributed by atoms with Gasteiger partial charge in [0.25, 0.3) is 5.91 Å².